The quantitative estimate of drug-likeness (QED) is 0.879. The van der Waals surface area contributed by atoms with E-state index in [0.717, 1.165) is 4.57 Å². The van der Waals surface area contributed by atoms with Gasteiger partial charge in [-0.05, 0) is 17.7 Å². The highest BCUT2D eigenvalue weighted by molar-refractivity contribution is 6.32. The van der Waals surface area contributed by atoms with E-state index in [1.165, 1.54) is 7.11 Å². The molecule has 7 heteroatoms. The van der Waals surface area contributed by atoms with E-state index < -0.39 is 11.2 Å². The molecule has 0 fully saturated rings. The van der Waals surface area contributed by atoms with Gasteiger partial charge in [0.25, 0.3) is 5.56 Å². The molecule has 1 aromatic heterocycles. The van der Waals surface area contributed by atoms with E-state index in [1.807, 2.05) is 0 Å². The van der Waals surface area contributed by atoms with Gasteiger partial charge in [-0.15, -0.1) is 0 Å². The van der Waals surface area contributed by atoms with Gasteiger partial charge in [-0.25, -0.2) is 4.79 Å². The summed E-state index contributed by atoms with van der Waals surface area (Å²) in [6.07, 6.45) is 0. The average molecular weight is 315 g/mol. The zero-order valence-corrected chi connectivity index (χ0v) is 12.2. The third kappa shape index (κ3) is 2.95. The average Bonchev–Trinajstić information content (AvgIpc) is 2.40. The van der Waals surface area contributed by atoms with Crippen LogP contribution < -0.4 is 11.2 Å². The number of aromatic amines is 1. The van der Waals surface area contributed by atoms with Crippen LogP contribution in [0.3, 0.4) is 0 Å². The maximum atomic E-state index is 12.4. The maximum Gasteiger partial charge on any atom is 0.329 e. The summed E-state index contributed by atoms with van der Waals surface area (Å²) in [6, 6.07) is 6.64. The third-order valence-corrected chi connectivity index (χ3v) is 3.33. The Morgan fingerprint density at radius 2 is 1.85 bits per heavy atom. The van der Waals surface area contributed by atoms with Crippen molar-refractivity contribution >= 4 is 23.2 Å². The molecule has 1 heterocycles. The number of rotatable bonds is 4. The summed E-state index contributed by atoms with van der Waals surface area (Å²) in [6.45, 7) is 0.410. The molecule has 0 aliphatic heterocycles. The van der Waals surface area contributed by atoms with Gasteiger partial charge in [0.1, 0.15) is 5.15 Å². The lowest BCUT2D eigenvalue weighted by molar-refractivity contribution is 0.185. The molecule has 0 amide bonds. The number of halogens is 2. The number of methoxy groups -OCH3 is 1. The van der Waals surface area contributed by atoms with Crippen molar-refractivity contribution in [2.24, 2.45) is 0 Å². The lowest BCUT2D eigenvalue weighted by Gasteiger charge is -2.09. The van der Waals surface area contributed by atoms with Gasteiger partial charge < -0.3 is 4.74 Å². The molecule has 0 atom stereocenters. The van der Waals surface area contributed by atoms with Crippen LogP contribution in [0.2, 0.25) is 10.2 Å². The molecule has 2 rings (SSSR count). The molecule has 0 unspecified atom stereocenters. The first kappa shape index (κ1) is 14.8. The molecule has 106 valence electrons. The predicted octanol–water partition coefficient (Wildman–Crippen LogP) is 2.16. The minimum Gasteiger partial charge on any atom is -0.383 e. The SMILES string of the molecule is COCCn1c(=O)[nH]c(Cl)c(-c2ccc(Cl)cc2)c1=O. The molecule has 5 nitrogen and oxygen atoms in total. The van der Waals surface area contributed by atoms with Crippen LogP contribution in [0.25, 0.3) is 11.1 Å². The summed E-state index contributed by atoms with van der Waals surface area (Å²) in [5, 5.41) is 0.560. The van der Waals surface area contributed by atoms with Crippen LogP contribution >= 0.6 is 23.2 Å². The highest BCUT2D eigenvalue weighted by Gasteiger charge is 2.14. The molecule has 0 aliphatic carbocycles. The summed E-state index contributed by atoms with van der Waals surface area (Å²) in [5.41, 5.74) is -0.196. The monoisotopic (exact) mass is 314 g/mol. The molecule has 20 heavy (non-hydrogen) atoms. The fraction of sp³-hybridized carbons (Fsp3) is 0.231. The number of ether oxygens (including phenoxy) is 1. The Kier molecular flexibility index (Phi) is 4.65. The second kappa shape index (κ2) is 6.26. The minimum atomic E-state index is -0.560. The lowest BCUT2D eigenvalue weighted by Crippen LogP contribution is -2.37. The molecule has 2 aromatic rings. The van der Waals surface area contributed by atoms with Crippen LogP contribution in [0, 0.1) is 0 Å². The largest absolute Gasteiger partial charge is 0.383 e. The molecular formula is C13H12Cl2N2O3. The van der Waals surface area contributed by atoms with Crippen molar-refractivity contribution in [3.63, 3.8) is 0 Å². The van der Waals surface area contributed by atoms with Crippen LogP contribution in [0.1, 0.15) is 0 Å². The third-order valence-electron chi connectivity index (χ3n) is 2.79. The highest BCUT2D eigenvalue weighted by Crippen LogP contribution is 2.23. The molecule has 1 aromatic carbocycles. The van der Waals surface area contributed by atoms with Crippen molar-refractivity contribution in [1.29, 1.82) is 0 Å². The minimum absolute atomic E-state index is 0.0102. The van der Waals surface area contributed by atoms with Crippen molar-refractivity contribution in [3.05, 3.63) is 55.3 Å². The highest BCUT2D eigenvalue weighted by atomic mass is 35.5. The first-order chi connectivity index (χ1) is 9.54. The molecule has 0 spiro atoms. The number of benzene rings is 1. The zero-order chi connectivity index (χ0) is 14.7. The van der Waals surface area contributed by atoms with E-state index in [4.69, 9.17) is 27.9 Å². The summed E-state index contributed by atoms with van der Waals surface area (Å²) in [7, 11) is 1.50. The van der Waals surface area contributed by atoms with E-state index in [2.05, 4.69) is 4.98 Å². The van der Waals surface area contributed by atoms with Crippen LogP contribution in [-0.2, 0) is 11.3 Å². The van der Waals surface area contributed by atoms with E-state index in [9.17, 15) is 9.59 Å². The Morgan fingerprint density at radius 3 is 2.45 bits per heavy atom. The standard InChI is InChI=1S/C13H12Cl2N2O3/c1-20-7-6-17-12(18)10(11(15)16-13(17)19)8-2-4-9(14)5-3-8/h2-5H,6-7H2,1H3,(H,16,19). The van der Waals surface area contributed by atoms with Gasteiger partial charge in [0.15, 0.2) is 0 Å². The molecule has 0 radical (unpaired) electrons. The second-order valence-electron chi connectivity index (χ2n) is 4.08. The Labute approximate surface area is 124 Å². The maximum absolute atomic E-state index is 12.4. The van der Waals surface area contributed by atoms with E-state index in [0.29, 0.717) is 10.6 Å². The number of H-pyrrole nitrogens is 1. The van der Waals surface area contributed by atoms with E-state index in [1.54, 1.807) is 24.3 Å². The van der Waals surface area contributed by atoms with Crippen LogP contribution in [0.15, 0.2) is 33.9 Å². The molecule has 0 saturated heterocycles. The molecule has 0 aliphatic rings. The van der Waals surface area contributed by atoms with Gasteiger partial charge in [0, 0.05) is 12.1 Å². The number of nitrogens with zero attached hydrogens (tertiary/aromatic N) is 1. The van der Waals surface area contributed by atoms with E-state index >= 15 is 0 Å². The fourth-order valence-electron chi connectivity index (χ4n) is 1.80. The van der Waals surface area contributed by atoms with Gasteiger partial charge in [-0.1, -0.05) is 35.3 Å². The number of nitrogens with one attached hydrogen (secondary N) is 1. The first-order valence-electron chi connectivity index (χ1n) is 5.82. The van der Waals surface area contributed by atoms with Gasteiger partial charge in [0.2, 0.25) is 0 Å². The van der Waals surface area contributed by atoms with Crippen molar-refractivity contribution < 1.29 is 4.74 Å². The summed E-state index contributed by atoms with van der Waals surface area (Å²) >= 11 is 11.8. The van der Waals surface area contributed by atoms with E-state index in [-0.39, 0.29) is 23.9 Å². The van der Waals surface area contributed by atoms with Gasteiger partial charge in [-0.2, -0.15) is 0 Å². The van der Waals surface area contributed by atoms with Crippen molar-refractivity contribution in [1.82, 2.24) is 9.55 Å². The first-order valence-corrected chi connectivity index (χ1v) is 6.57. The summed E-state index contributed by atoms with van der Waals surface area (Å²) in [4.78, 5) is 26.6. The van der Waals surface area contributed by atoms with Crippen molar-refractivity contribution in [2.75, 3.05) is 13.7 Å². The molecular weight excluding hydrogens is 303 g/mol. The lowest BCUT2D eigenvalue weighted by atomic mass is 10.1. The number of aromatic nitrogens is 2. The van der Waals surface area contributed by atoms with Crippen molar-refractivity contribution in [3.8, 4) is 11.1 Å². The summed E-state index contributed by atoms with van der Waals surface area (Å²) < 4.78 is 5.94. The Hall–Kier alpha value is -1.56. The number of hydrogen-bond donors (Lipinski definition) is 1. The van der Waals surface area contributed by atoms with Crippen molar-refractivity contribution in [2.45, 2.75) is 6.54 Å². The Morgan fingerprint density at radius 1 is 1.20 bits per heavy atom. The number of hydrogen-bond acceptors (Lipinski definition) is 3. The van der Waals surface area contributed by atoms with Gasteiger partial charge in [0.05, 0.1) is 18.7 Å². The Bertz CT molecular complexity index is 720. The second-order valence-corrected chi connectivity index (χ2v) is 4.89. The topological polar surface area (TPSA) is 64.1 Å². The molecule has 0 saturated carbocycles. The van der Waals surface area contributed by atoms with Crippen LogP contribution in [0.5, 0.6) is 0 Å². The van der Waals surface area contributed by atoms with Gasteiger partial charge >= 0.3 is 5.69 Å². The predicted molar refractivity (Wildman–Crippen MR) is 78.7 cm³/mol. The Balaban J connectivity index is 2.61. The summed E-state index contributed by atoms with van der Waals surface area (Å²) in [5.74, 6) is 0. The molecule has 0 bridgehead atoms. The zero-order valence-electron chi connectivity index (χ0n) is 10.7. The van der Waals surface area contributed by atoms with Crippen LogP contribution in [-0.4, -0.2) is 23.3 Å². The fourth-order valence-corrected chi connectivity index (χ4v) is 2.19. The van der Waals surface area contributed by atoms with Gasteiger partial charge in [-0.3, -0.25) is 14.3 Å². The van der Waals surface area contributed by atoms with Crippen LogP contribution in [0.4, 0.5) is 0 Å². The molecule has 1 N–H and O–H groups in total. The smallest absolute Gasteiger partial charge is 0.329 e. The normalized spacial score (nSPS) is 10.8.